The Bertz CT molecular complexity index is 908. The summed E-state index contributed by atoms with van der Waals surface area (Å²) >= 11 is 0. The highest BCUT2D eigenvalue weighted by molar-refractivity contribution is 5.87. The molecule has 1 N–H and O–H groups in total. The highest BCUT2D eigenvalue weighted by Crippen LogP contribution is 2.21. The fourth-order valence-electron chi connectivity index (χ4n) is 2.16. The number of para-hydroxylation sites is 1. The average molecular weight is 378 g/mol. The zero-order valence-corrected chi connectivity index (χ0v) is 14.4. The van der Waals surface area contributed by atoms with Crippen LogP contribution in [0.25, 0.3) is 11.0 Å². The number of halogens is 3. The smallest absolute Gasteiger partial charge is 0.406 e. The Morgan fingerprint density at radius 1 is 1.26 bits per heavy atom. The Labute approximate surface area is 153 Å². The van der Waals surface area contributed by atoms with Gasteiger partial charge in [0.1, 0.15) is 5.75 Å². The zero-order valence-electron chi connectivity index (χ0n) is 14.4. The Morgan fingerprint density at radius 3 is 2.59 bits per heavy atom. The van der Waals surface area contributed by atoms with E-state index in [0.29, 0.717) is 6.54 Å². The van der Waals surface area contributed by atoms with E-state index in [0.717, 1.165) is 16.7 Å². The molecule has 27 heavy (non-hydrogen) atoms. The predicted octanol–water partition coefficient (Wildman–Crippen LogP) is 3.36. The summed E-state index contributed by atoms with van der Waals surface area (Å²) in [4.78, 5) is 15.3. The lowest BCUT2D eigenvalue weighted by Gasteiger charge is -2.07. The second-order valence-electron chi connectivity index (χ2n) is 5.23. The molecule has 0 atom stereocenters. The van der Waals surface area contributed by atoms with E-state index in [9.17, 15) is 18.0 Å². The van der Waals surface area contributed by atoms with Gasteiger partial charge in [-0.1, -0.05) is 24.8 Å². The van der Waals surface area contributed by atoms with E-state index in [1.807, 2.05) is 19.2 Å². The van der Waals surface area contributed by atoms with Crippen molar-refractivity contribution in [3.05, 3.63) is 67.0 Å². The number of carbonyl (C=O) groups excluding carboxylic acids is 1. The first-order valence-corrected chi connectivity index (χ1v) is 7.78. The van der Waals surface area contributed by atoms with Gasteiger partial charge in [-0.15, -0.1) is 13.2 Å². The fraction of sp³-hybridized carbons (Fsp3) is 0.167. The van der Waals surface area contributed by atoms with Crippen LogP contribution < -0.4 is 10.1 Å². The van der Waals surface area contributed by atoms with E-state index in [2.05, 4.69) is 26.7 Å². The number of pyridine rings is 1. The monoisotopic (exact) mass is 378 g/mol. The molecule has 0 radical (unpaired) electrons. The lowest BCUT2D eigenvalue weighted by atomic mass is 10.2. The predicted molar refractivity (Wildman–Crippen MR) is 93.7 cm³/mol. The number of nitrogens with one attached hydrogen (secondary N) is 1. The van der Waals surface area contributed by atoms with Crippen molar-refractivity contribution in [3.63, 3.8) is 0 Å². The number of aromatic nitrogens is 3. The van der Waals surface area contributed by atoms with Crippen LogP contribution in [0.2, 0.25) is 0 Å². The molecule has 0 saturated carbocycles. The van der Waals surface area contributed by atoms with E-state index in [-0.39, 0.29) is 11.7 Å². The van der Waals surface area contributed by atoms with E-state index in [4.69, 9.17) is 0 Å². The molecule has 3 aromatic rings. The Hall–Kier alpha value is -3.36. The Balaban J connectivity index is 0.000000208. The second kappa shape index (κ2) is 8.84. The van der Waals surface area contributed by atoms with Gasteiger partial charge in [-0.05, 0) is 30.3 Å². The number of rotatable bonds is 4. The summed E-state index contributed by atoms with van der Waals surface area (Å²) in [5.41, 5.74) is 1.62. The van der Waals surface area contributed by atoms with Gasteiger partial charge in [0.15, 0.2) is 5.65 Å². The van der Waals surface area contributed by atoms with Crippen LogP contribution in [-0.2, 0) is 18.4 Å². The molecule has 142 valence electrons. The van der Waals surface area contributed by atoms with Crippen molar-refractivity contribution in [2.45, 2.75) is 12.9 Å². The van der Waals surface area contributed by atoms with Crippen LogP contribution in [0.3, 0.4) is 0 Å². The number of carbonyl (C=O) groups is 1. The first kappa shape index (κ1) is 20.0. The van der Waals surface area contributed by atoms with Crippen molar-refractivity contribution in [2.24, 2.45) is 7.05 Å². The van der Waals surface area contributed by atoms with E-state index >= 15 is 0 Å². The van der Waals surface area contributed by atoms with Gasteiger partial charge in [-0.25, -0.2) is 4.98 Å². The maximum atomic E-state index is 11.5. The van der Waals surface area contributed by atoms with Gasteiger partial charge in [0.2, 0.25) is 5.91 Å². The van der Waals surface area contributed by atoms with E-state index < -0.39 is 6.36 Å². The summed E-state index contributed by atoms with van der Waals surface area (Å²) in [6.45, 7) is 3.77. The summed E-state index contributed by atoms with van der Waals surface area (Å²) < 4.78 is 39.9. The molecule has 0 fully saturated rings. The molecule has 9 heteroatoms. The molecule has 0 aliphatic rings. The van der Waals surface area contributed by atoms with Crippen LogP contribution in [0.4, 0.5) is 13.2 Å². The SMILES string of the molecule is C=CC(=O)NCc1nn(C)c2ncccc12.FC(F)(F)Oc1ccccc1. The van der Waals surface area contributed by atoms with Crippen molar-refractivity contribution in [1.82, 2.24) is 20.1 Å². The van der Waals surface area contributed by atoms with Crippen LogP contribution in [0, 0.1) is 0 Å². The molecule has 0 saturated heterocycles. The lowest BCUT2D eigenvalue weighted by molar-refractivity contribution is -0.274. The first-order valence-electron chi connectivity index (χ1n) is 7.78. The molecule has 6 nitrogen and oxygen atoms in total. The van der Waals surface area contributed by atoms with Crippen LogP contribution in [0.15, 0.2) is 61.3 Å². The van der Waals surface area contributed by atoms with Crippen molar-refractivity contribution >= 4 is 16.9 Å². The topological polar surface area (TPSA) is 69.0 Å². The summed E-state index contributed by atoms with van der Waals surface area (Å²) in [6.07, 6.45) is -1.64. The van der Waals surface area contributed by atoms with Crippen molar-refractivity contribution in [2.75, 3.05) is 0 Å². The number of nitrogens with zero attached hydrogens (tertiary/aromatic N) is 3. The normalized spacial score (nSPS) is 10.7. The third-order valence-electron chi connectivity index (χ3n) is 3.27. The number of benzene rings is 1. The van der Waals surface area contributed by atoms with Gasteiger partial charge >= 0.3 is 6.36 Å². The summed E-state index contributed by atoms with van der Waals surface area (Å²) in [5, 5.41) is 7.95. The quantitative estimate of drug-likeness (QED) is 0.707. The third kappa shape index (κ3) is 6.14. The van der Waals surface area contributed by atoms with Crippen molar-refractivity contribution < 1.29 is 22.7 Å². The minimum atomic E-state index is -4.60. The highest BCUT2D eigenvalue weighted by Gasteiger charge is 2.30. The number of aryl methyl sites for hydroxylation is 1. The molecule has 0 spiro atoms. The third-order valence-corrected chi connectivity index (χ3v) is 3.27. The molecule has 0 bridgehead atoms. The maximum Gasteiger partial charge on any atom is 0.573 e. The van der Waals surface area contributed by atoms with Crippen molar-refractivity contribution in [1.29, 1.82) is 0 Å². The lowest BCUT2D eigenvalue weighted by Crippen LogP contribution is -2.20. The number of ether oxygens (including phenoxy) is 1. The minimum Gasteiger partial charge on any atom is -0.406 e. The second-order valence-corrected chi connectivity index (χ2v) is 5.23. The zero-order chi connectivity index (χ0) is 19.9. The number of alkyl halides is 3. The Kier molecular flexibility index (Phi) is 6.53. The molecule has 0 aliphatic carbocycles. The molecule has 2 aromatic heterocycles. The van der Waals surface area contributed by atoms with Gasteiger partial charge in [0.25, 0.3) is 0 Å². The van der Waals surface area contributed by atoms with Crippen LogP contribution in [-0.4, -0.2) is 27.0 Å². The minimum absolute atomic E-state index is 0.194. The van der Waals surface area contributed by atoms with Gasteiger partial charge in [-0.3, -0.25) is 9.48 Å². The van der Waals surface area contributed by atoms with E-state index in [1.165, 1.54) is 30.3 Å². The van der Waals surface area contributed by atoms with E-state index in [1.54, 1.807) is 16.9 Å². The molecule has 0 aliphatic heterocycles. The molecule has 1 amide bonds. The number of hydrogen-bond acceptors (Lipinski definition) is 4. The number of fused-ring (bicyclic) bond motifs is 1. The molecule has 1 aromatic carbocycles. The highest BCUT2D eigenvalue weighted by atomic mass is 19.4. The summed E-state index contributed by atoms with van der Waals surface area (Å²) in [7, 11) is 1.83. The number of amides is 1. The number of hydrogen-bond donors (Lipinski definition) is 1. The van der Waals surface area contributed by atoms with Crippen LogP contribution in [0.5, 0.6) is 5.75 Å². The molecule has 2 heterocycles. The van der Waals surface area contributed by atoms with Gasteiger partial charge in [0, 0.05) is 18.6 Å². The van der Waals surface area contributed by atoms with Crippen LogP contribution >= 0.6 is 0 Å². The molecular formula is C18H17F3N4O2. The van der Waals surface area contributed by atoms with Gasteiger partial charge < -0.3 is 10.1 Å². The Morgan fingerprint density at radius 2 is 1.96 bits per heavy atom. The molecular weight excluding hydrogens is 361 g/mol. The van der Waals surface area contributed by atoms with Crippen molar-refractivity contribution in [3.8, 4) is 5.75 Å². The first-order chi connectivity index (χ1) is 12.8. The standard InChI is InChI=1S/C11H12N4O.C7H5F3O/c1-3-10(16)13-7-9-8-5-4-6-12-11(8)15(2)14-9;8-7(9,10)11-6-4-2-1-3-5-6/h3-6H,1,7H2,2H3,(H,13,16);1-5H. The average Bonchev–Trinajstić information content (AvgIpc) is 2.96. The van der Waals surface area contributed by atoms with Gasteiger partial charge in [0.05, 0.1) is 12.2 Å². The molecule has 0 unspecified atom stereocenters. The fourth-order valence-corrected chi connectivity index (χ4v) is 2.16. The maximum absolute atomic E-state index is 11.5. The van der Waals surface area contributed by atoms with Gasteiger partial charge in [-0.2, -0.15) is 5.10 Å². The largest absolute Gasteiger partial charge is 0.573 e. The summed E-state index contributed by atoms with van der Waals surface area (Å²) in [6, 6.07) is 10.8. The molecule has 3 rings (SSSR count). The summed E-state index contributed by atoms with van der Waals surface area (Å²) in [5.74, 6) is -0.400. The van der Waals surface area contributed by atoms with Crippen LogP contribution in [0.1, 0.15) is 5.69 Å².